The molecule has 0 radical (unpaired) electrons. The van der Waals surface area contributed by atoms with Crippen molar-refractivity contribution in [2.45, 2.75) is 0 Å². The molecule has 0 bridgehead atoms. The first-order chi connectivity index (χ1) is 7.70. The summed E-state index contributed by atoms with van der Waals surface area (Å²) in [5.74, 6) is 0. The normalized spacial score (nSPS) is 10.0. The second-order valence-electron chi connectivity index (χ2n) is 3.17. The van der Waals surface area contributed by atoms with E-state index < -0.39 is 4.92 Å². The van der Waals surface area contributed by atoms with E-state index in [1.54, 1.807) is 23.6 Å². The van der Waals surface area contributed by atoms with Crippen LogP contribution in [0, 0.1) is 10.1 Å². The van der Waals surface area contributed by atoms with Crippen molar-refractivity contribution < 1.29 is 9.72 Å². The summed E-state index contributed by atoms with van der Waals surface area (Å²) in [5, 5.41) is 12.3. The Morgan fingerprint density at radius 3 is 2.75 bits per heavy atom. The molecule has 0 aliphatic carbocycles. The molecular formula is C11H7NO3S. The monoisotopic (exact) mass is 233 g/mol. The molecule has 0 aliphatic rings. The molecule has 0 atom stereocenters. The van der Waals surface area contributed by atoms with Gasteiger partial charge >= 0.3 is 0 Å². The van der Waals surface area contributed by atoms with Crippen molar-refractivity contribution in [2.75, 3.05) is 0 Å². The summed E-state index contributed by atoms with van der Waals surface area (Å²) in [5.41, 5.74) is 1.40. The first-order valence-corrected chi connectivity index (χ1v) is 5.37. The number of carbonyl (C=O) groups excluding carboxylic acids is 1. The van der Waals surface area contributed by atoms with Crippen LogP contribution in [-0.2, 0) is 0 Å². The van der Waals surface area contributed by atoms with Crippen LogP contribution in [0.1, 0.15) is 10.4 Å². The van der Waals surface area contributed by atoms with Crippen molar-refractivity contribution in [1.29, 1.82) is 0 Å². The summed E-state index contributed by atoms with van der Waals surface area (Å²) in [4.78, 5) is 21.5. The predicted molar refractivity (Wildman–Crippen MR) is 61.8 cm³/mol. The molecule has 2 aromatic rings. The van der Waals surface area contributed by atoms with E-state index in [-0.39, 0.29) is 5.69 Å². The van der Waals surface area contributed by atoms with Gasteiger partial charge in [-0.1, -0.05) is 12.1 Å². The van der Waals surface area contributed by atoms with E-state index in [4.69, 9.17) is 0 Å². The second kappa shape index (κ2) is 4.24. The van der Waals surface area contributed by atoms with Crippen molar-refractivity contribution in [1.82, 2.24) is 0 Å². The van der Waals surface area contributed by atoms with Crippen LogP contribution in [0.5, 0.6) is 0 Å². The SMILES string of the molecule is O=Cc1csc(-c2cccc([N+](=O)[O-])c2)c1. The highest BCUT2D eigenvalue weighted by Gasteiger charge is 2.08. The molecule has 0 saturated heterocycles. The molecule has 1 heterocycles. The van der Waals surface area contributed by atoms with Gasteiger partial charge in [0.1, 0.15) is 0 Å². The minimum absolute atomic E-state index is 0.0542. The molecule has 0 spiro atoms. The Morgan fingerprint density at radius 1 is 1.31 bits per heavy atom. The lowest BCUT2D eigenvalue weighted by Crippen LogP contribution is -1.87. The van der Waals surface area contributed by atoms with Gasteiger partial charge in [0.05, 0.1) is 4.92 Å². The lowest BCUT2D eigenvalue weighted by molar-refractivity contribution is -0.384. The van der Waals surface area contributed by atoms with Gasteiger partial charge in [-0.25, -0.2) is 0 Å². The number of carbonyl (C=O) groups is 1. The van der Waals surface area contributed by atoms with E-state index in [9.17, 15) is 14.9 Å². The van der Waals surface area contributed by atoms with E-state index in [0.717, 1.165) is 16.7 Å². The van der Waals surface area contributed by atoms with Gasteiger partial charge < -0.3 is 0 Å². The van der Waals surface area contributed by atoms with Crippen molar-refractivity contribution in [3.8, 4) is 10.4 Å². The molecule has 0 aliphatic heterocycles. The maximum absolute atomic E-state index is 10.6. The molecule has 4 nitrogen and oxygen atoms in total. The zero-order chi connectivity index (χ0) is 11.5. The highest BCUT2D eigenvalue weighted by Crippen LogP contribution is 2.28. The zero-order valence-electron chi connectivity index (χ0n) is 8.12. The van der Waals surface area contributed by atoms with Crippen LogP contribution in [0.25, 0.3) is 10.4 Å². The Kier molecular flexibility index (Phi) is 2.78. The molecule has 1 aromatic carbocycles. The van der Waals surface area contributed by atoms with E-state index >= 15 is 0 Å². The fourth-order valence-corrected chi connectivity index (χ4v) is 2.19. The van der Waals surface area contributed by atoms with Crippen LogP contribution in [0.2, 0.25) is 0 Å². The minimum Gasteiger partial charge on any atom is -0.298 e. The molecule has 0 fully saturated rings. The fourth-order valence-electron chi connectivity index (χ4n) is 1.34. The zero-order valence-corrected chi connectivity index (χ0v) is 8.94. The maximum atomic E-state index is 10.6. The van der Waals surface area contributed by atoms with Crippen molar-refractivity contribution in [3.05, 3.63) is 51.4 Å². The number of non-ortho nitro benzene ring substituents is 1. The van der Waals surface area contributed by atoms with Crippen LogP contribution < -0.4 is 0 Å². The molecule has 0 amide bonds. The van der Waals surface area contributed by atoms with E-state index in [0.29, 0.717) is 5.56 Å². The lowest BCUT2D eigenvalue weighted by Gasteiger charge is -1.96. The van der Waals surface area contributed by atoms with Gasteiger partial charge in [0, 0.05) is 28.0 Å². The molecule has 0 N–H and O–H groups in total. The number of hydrogen-bond donors (Lipinski definition) is 0. The van der Waals surface area contributed by atoms with E-state index in [1.807, 2.05) is 0 Å². The number of benzene rings is 1. The Morgan fingerprint density at radius 2 is 2.12 bits per heavy atom. The van der Waals surface area contributed by atoms with Gasteiger partial charge in [0.15, 0.2) is 6.29 Å². The van der Waals surface area contributed by atoms with E-state index in [2.05, 4.69) is 0 Å². The van der Waals surface area contributed by atoms with Gasteiger partial charge in [-0.2, -0.15) is 0 Å². The number of aldehydes is 1. The highest BCUT2D eigenvalue weighted by molar-refractivity contribution is 7.13. The summed E-state index contributed by atoms with van der Waals surface area (Å²) in [6.07, 6.45) is 0.761. The summed E-state index contributed by atoms with van der Waals surface area (Å²) in [6.45, 7) is 0. The first kappa shape index (κ1) is 10.5. The van der Waals surface area contributed by atoms with Crippen LogP contribution in [0.15, 0.2) is 35.7 Å². The smallest absolute Gasteiger partial charge is 0.270 e. The molecule has 80 valence electrons. The van der Waals surface area contributed by atoms with Gasteiger partial charge in [-0.3, -0.25) is 14.9 Å². The topological polar surface area (TPSA) is 60.2 Å². The third kappa shape index (κ3) is 1.99. The van der Waals surface area contributed by atoms with E-state index in [1.165, 1.54) is 23.5 Å². The predicted octanol–water partition coefficient (Wildman–Crippen LogP) is 3.14. The largest absolute Gasteiger partial charge is 0.298 e. The Labute approximate surface area is 95.3 Å². The number of hydrogen-bond acceptors (Lipinski definition) is 4. The number of rotatable bonds is 3. The number of nitro benzene ring substituents is 1. The average Bonchev–Trinajstić information content (AvgIpc) is 2.77. The lowest BCUT2D eigenvalue weighted by atomic mass is 10.1. The summed E-state index contributed by atoms with van der Waals surface area (Å²) in [7, 11) is 0. The third-order valence-corrected chi connectivity index (χ3v) is 3.09. The summed E-state index contributed by atoms with van der Waals surface area (Å²) >= 11 is 1.39. The van der Waals surface area contributed by atoms with Gasteiger partial charge in [0.2, 0.25) is 0 Å². The average molecular weight is 233 g/mol. The Bertz CT molecular complexity index is 548. The quantitative estimate of drug-likeness (QED) is 0.465. The van der Waals surface area contributed by atoms with Crippen LogP contribution in [0.3, 0.4) is 0 Å². The summed E-state index contributed by atoms with van der Waals surface area (Å²) < 4.78 is 0. The second-order valence-corrected chi connectivity index (χ2v) is 4.08. The highest BCUT2D eigenvalue weighted by atomic mass is 32.1. The van der Waals surface area contributed by atoms with Crippen molar-refractivity contribution in [3.63, 3.8) is 0 Å². The van der Waals surface area contributed by atoms with Crippen molar-refractivity contribution in [2.24, 2.45) is 0 Å². The first-order valence-electron chi connectivity index (χ1n) is 4.49. The van der Waals surface area contributed by atoms with Gasteiger partial charge in [0.25, 0.3) is 5.69 Å². The molecule has 0 saturated carbocycles. The molecule has 2 rings (SSSR count). The molecule has 1 aromatic heterocycles. The number of nitro groups is 1. The molecule has 5 heteroatoms. The standard InChI is InChI=1S/C11H7NO3S/c13-6-8-4-11(16-7-8)9-2-1-3-10(5-9)12(14)15/h1-7H. The number of nitrogens with zero attached hydrogens (tertiary/aromatic N) is 1. The van der Waals surface area contributed by atoms with Crippen molar-refractivity contribution >= 4 is 23.3 Å². The minimum atomic E-state index is -0.433. The Hall–Kier alpha value is -2.01. The molecular weight excluding hydrogens is 226 g/mol. The summed E-state index contributed by atoms with van der Waals surface area (Å²) in [6, 6.07) is 8.08. The van der Waals surface area contributed by atoms with Gasteiger partial charge in [-0.05, 0) is 11.6 Å². The van der Waals surface area contributed by atoms with Crippen LogP contribution in [-0.4, -0.2) is 11.2 Å². The fraction of sp³-hybridized carbons (Fsp3) is 0. The Balaban J connectivity index is 2.43. The molecule has 0 unspecified atom stereocenters. The van der Waals surface area contributed by atoms with Gasteiger partial charge in [-0.15, -0.1) is 11.3 Å². The van der Waals surface area contributed by atoms with Crippen LogP contribution in [0.4, 0.5) is 5.69 Å². The maximum Gasteiger partial charge on any atom is 0.270 e. The number of thiophene rings is 1. The molecule has 16 heavy (non-hydrogen) atoms. The van der Waals surface area contributed by atoms with Crippen LogP contribution >= 0.6 is 11.3 Å². The third-order valence-electron chi connectivity index (χ3n) is 2.10.